The van der Waals surface area contributed by atoms with Crippen LogP contribution in [0.15, 0.2) is 97.7 Å². The van der Waals surface area contributed by atoms with Crippen molar-refractivity contribution in [1.82, 2.24) is 98.0 Å². The molecule has 0 spiro atoms. The minimum Gasteiger partial charge on any atom is -0.508 e. The number of nitrogens with one attached hydrogen (secondary N) is 14. The van der Waals surface area contributed by atoms with E-state index in [2.05, 4.69) is 78.4 Å². The van der Waals surface area contributed by atoms with Gasteiger partial charge in [-0.25, -0.2) is 4.98 Å². The smallest absolute Gasteiger partial charge is 0.293 e. The van der Waals surface area contributed by atoms with Crippen LogP contribution >= 0.6 is 11.8 Å². The molecular weight excluding hydrogens is 1750 g/mol. The van der Waals surface area contributed by atoms with E-state index in [1.54, 1.807) is 81.7 Å². The Hall–Kier alpha value is -13.5. The maximum Gasteiger partial charge on any atom is 0.293 e. The summed E-state index contributed by atoms with van der Waals surface area (Å²) < 4.78 is 4.97. The van der Waals surface area contributed by atoms with Crippen LogP contribution in [-0.2, 0) is 117 Å². The average molecular weight is 1870 g/mol. The zero-order valence-corrected chi connectivity index (χ0v) is 76.0. The van der Waals surface area contributed by atoms with Gasteiger partial charge in [0.15, 0.2) is 0 Å². The average Bonchev–Trinajstić information content (AvgIpc) is 1.66. The fourth-order valence-electron chi connectivity index (χ4n) is 16.2. The molecule has 720 valence electrons. The molecule has 17 amide bonds. The molecule has 9 rings (SSSR count). The summed E-state index contributed by atoms with van der Waals surface area (Å²) in [6.45, 7) is 5.49. The molecule has 3 aromatic heterocycles. The number of thioether (sulfide) groups is 1. The zero-order chi connectivity index (χ0) is 96.9. The molecule has 6 aromatic rings. The largest absolute Gasteiger partial charge is 0.508 e. The Bertz CT molecular complexity index is 5130. The second-order valence-electron chi connectivity index (χ2n) is 33.8. The van der Waals surface area contributed by atoms with Crippen LogP contribution in [0.25, 0.3) is 21.8 Å². The lowest BCUT2D eigenvalue weighted by Crippen LogP contribution is -2.61. The predicted molar refractivity (Wildman–Crippen MR) is 483 cm³/mol. The number of phenols is 1. The zero-order valence-electron chi connectivity index (χ0n) is 75.2. The van der Waals surface area contributed by atoms with Gasteiger partial charge in [-0.2, -0.15) is 0 Å². The Balaban J connectivity index is 1.09. The highest BCUT2D eigenvalue weighted by Crippen LogP contribution is 2.28. The summed E-state index contributed by atoms with van der Waals surface area (Å²) in [5, 5.41) is 62.9. The van der Waals surface area contributed by atoms with Gasteiger partial charge < -0.3 is 125 Å². The number of rotatable bonds is 26. The van der Waals surface area contributed by atoms with Gasteiger partial charge in [-0.15, -0.1) is 11.8 Å². The number of nitrogens with zero attached hydrogens (tertiary/aromatic N) is 5. The van der Waals surface area contributed by atoms with Crippen molar-refractivity contribution in [2.45, 2.75) is 228 Å². The van der Waals surface area contributed by atoms with Gasteiger partial charge in [-0.1, -0.05) is 102 Å². The molecule has 0 aliphatic carbocycles. The van der Waals surface area contributed by atoms with Gasteiger partial charge >= 0.3 is 0 Å². The molecule has 3 aromatic carbocycles. The monoisotopic (exact) mass is 1870 g/mol. The molecule has 133 heavy (non-hydrogen) atoms. The quantitative estimate of drug-likeness (QED) is 0.0190. The number of nitrogens with two attached hydrogens (primary N) is 2. The number of fused-ring (bicyclic) bond motifs is 4. The molecule has 15 atom stereocenters. The van der Waals surface area contributed by atoms with Gasteiger partial charge in [-0.3, -0.25) is 86.3 Å². The number of carbonyl (C=O) groups is 18. The number of aromatic amines is 3. The Morgan fingerprint density at radius 3 is 1.71 bits per heavy atom. The lowest BCUT2D eigenvalue weighted by atomic mass is 10.0. The number of unbranched alkanes of at least 4 members (excludes halogenated alkanes) is 2. The second kappa shape index (κ2) is 49.6. The van der Waals surface area contributed by atoms with Crippen molar-refractivity contribution < 1.29 is 106 Å². The van der Waals surface area contributed by atoms with Crippen molar-refractivity contribution in [3.63, 3.8) is 0 Å². The molecule has 3 aliphatic rings. The van der Waals surface area contributed by atoms with Gasteiger partial charge in [0.2, 0.25) is 100 Å². The highest BCUT2D eigenvalue weighted by molar-refractivity contribution is 8.00. The number of aromatic nitrogens is 4. The van der Waals surface area contributed by atoms with Crippen LogP contribution in [0.1, 0.15) is 134 Å². The third-order valence-electron chi connectivity index (χ3n) is 23.5. The molecule has 0 bridgehead atoms. The maximum atomic E-state index is 15.4. The van der Waals surface area contributed by atoms with E-state index in [9.17, 15) is 63.3 Å². The minimum atomic E-state index is -1.90. The third kappa shape index (κ3) is 29.0. The van der Waals surface area contributed by atoms with E-state index in [1.807, 2.05) is 6.92 Å². The number of ether oxygens (including phenoxy) is 1. The molecule has 44 heteroatoms. The normalized spacial score (nSPS) is 24.9. The van der Waals surface area contributed by atoms with Gasteiger partial charge in [-0.05, 0) is 85.9 Å². The summed E-state index contributed by atoms with van der Waals surface area (Å²) in [5.41, 5.74) is 14.0. The number of H-pyrrole nitrogens is 3. The summed E-state index contributed by atoms with van der Waals surface area (Å²) in [6, 6.07) is -2.72. The van der Waals surface area contributed by atoms with Crippen molar-refractivity contribution in [3.05, 3.63) is 120 Å². The number of aromatic hydroxyl groups is 1. The molecule has 0 saturated carbocycles. The van der Waals surface area contributed by atoms with E-state index in [0.717, 1.165) is 31.4 Å². The third-order valence-corrected chi connectivity index (χ3v) is 24.5. The standard InChI is InChI=1S/C89H121N21O22S/c1-8-10-19-61-86(128)108(7)70(22-11-9-2)83(125)98-60(28-30-132-47-112)78(120)106-69(77(119)95-41-74(91)116)44-133-45-75(117)97-66(32-50-24-26-54(113)27-25-50)87(129)107(6)49(5)76(118)103-67(37-73(90)115)88(130)109-29-16-23-71(109)84(126)102-64(35-53-40-92-46-96-53)81(123)104-65(31-48(3)4)89(131)110-42-55(114)36-72(110)85(127)101-63(34-52-39-94-59-21-15-13-18-57(52)59)80(122)105-68(43-111)82(124)100-62(79(121)99-61)33-51-38-93-58-20-14-12-17-56(51)58/h12-15,17-18,20-21,24-27,38-40,46-49,55,60-72,93-94,111,113-114H,8-11,16,19,22-23,28-37,41-45H2,1-7H3,(H2,90,115)(H2,91,116)(H,92,96)(H,95,119)(H,97,117)(H,98,125)(H,99,121)(H,100,124)(H,101,127)(H,102,126)(H,103,118)(H,104,123)(H,105,122)(H,106,120)/t49-,55+,60-,61+,62-,63-,64-,65-,66-,67-,68-,69?,70-,71-,72-/m0/s1. The molecule has 1 unspecified atom stereocenters. The number of hydrogen-bond acceptors (Lipinski definition) is 24. The van der Waals surface area contributed by atoms with Crippen molar-refractivity contribution in [1.29, 1.82) is 0 Å². The number of primary amides is 2. The van der Waals surface area contributed by atoms with E-state index in [0.29, 0.717) is 69.9 Å². The van der Waals surface area contributed by atoms with Crippen LogP contribution in [0.2, 0.25) is 0 Å². The Morgan fingerprint density at radius 2 is 1.12 bits per heavy atom. The van der Waals surface area contributed by atoms with E-state index in [4.69, 9.17) is 16.2 Å². The SMILES string of the molecule is CCCC[C@H]1NC(=O)[C@H](Cc2c[nH]c3ccccc23)NC(=O)[C@H](CO)NC(=O)[C@H](Cc2c[nH]c3ccccc23)NC(=O)[C@@H]2C[C@@H](O)CN2C(=O)[C@H](CC(C)C)NC(=O)[C@H](Cc2cnc[nH]2)NC(=O)[C@@H]2CCCN2C(=O)[C@H](CC(N)=O)NC(=O)[C@H](C)N(C)C(=O)[C@H](Cc2ccc(O)cc2)NC(=O)CSCC(C(=O)NCC(N)=O)NC(=O)[C@H](CCOC=O)NC(=O)[C@H](CCCC)N(C)C1=O. The number of amides is 17. The fraction of sp³-hybridized carbons (Fsp3) is 0.517. The summed E-state index contributed by atoms with van der Waals surface area (Å²) in [6.07, 6.45) is 3.12. The summed E-state index contributed by atoms with van der Waals surface area (Å²) >= 11 is 0.731. The number of likely N-dealkylation sites (N-methyl/N-ethyl adjacent to an activating group) is 2. The molecular formula is C89H121N21O22S. The number of para-hydroxylation sites is 2. The van der Waals surface area contributed by atoms with E-state index < -0.39 is 248 Å². The summed E-state index contributed by atoms with van der Waals surface area (Å²) in [4.78, 5) is 278. The second-order valence-corrected chi connectivity index (χ2v) is 34.9. The van der Waals surface area contributed by atoms with Crippen LogP contribution in [0.5, 0.6) is 5.75 Å². The number of aliphatic hydroxyl groups is 2. The lowest BCUT2D eigenvalue weighted by Gasteiger charge is -2.33. The van der Waals surface area contributed by atoms with Crippen LogP contribution in [0.4, 0.5) is 0 Å². The van der Waals surface area contributed by atoms with Crippen molar-refractivity contribution >= 4 is 140 Å². The predicted octanol–water partition coefficient (Wildman–Crippen LogP) is -2.97. The first-order valence-corrected chi connectivity index (χ1v) is 45.5. The summed E-state index contributed by atoms with van der Waals surface area (Å²) in [7, 11) is 2.50. The summed E-state index contributed by atoms with van der Waals surface area (Å²) in [5.74, 6) is -18.2. The minimum absolute atomic E-state index is 0.0223. The Morgan fingerprint density at radius 1 is 0.579 bits per heavy atom. The topological polar surface area (TPSA) is 635 Å². The first kappa shape index (κ1) is 103. The van der Waals surface area contributed by atoms with Gasteiger partial charge in [0.05, 0.1) is 44.4 Å². The van der Waals surface area contributed by atoms with Crippen LogP contribution in [0, 0.1) is 5.92 Å². The Kier molecular flexibility index (Phi) is 38.5. The number of hydrogen-bond donors (Lipinski definition) is 19. The molecule has 21 N–H and O–H groups in total. The maximum absolute atomic E-state index is 15.4. The van der Waals surface area contributed by atoms with Crippen LogP contribution in [-0.4, -0.2) is 311 Å². The number of imidazole rings is 1. The van der Waals surface area contributed by atoms with Gasteiger partial charge in [0.1, 0.15) is 90.3 Å². The first-order valence-electron chi connectivity index (χ1n) is 44.3. The number of phenolic OH excluding ortho intramolecular Hbond substituents is 1. The highest BCUT2D eigenvalue weighted by Gasteiger charge is 2.46. The van der Waals surface area contributed by atoms with Gasteiger partial charge in [0.25, 0.3) is 6.47 Å². The molecule has 0 radical (unpaired) electrons. The van der Waals surface area contributed by atoms with Crippen molar-refractivity contribution in [2.75, 3.05) is 58.4 Å². The number of aliphatic hydroxyl groups excluding tert-OH is 2. The Labute approximate surface area is 770 Å². The fourth-order valence-corrected chi connectivity index (χ4v) is 17.0. The number of benzene rings is 3. The first-order chi connectivity index (χ1) is 63.5. The van der Waals surface area contributed by atoms with E-state index in [-0.39, 0.29) is 82.5 Å². The van der Waals surface area contributed by atoms with E-state index in [1.165, 1.54) is 57.8 Å². The lowest BCUT2D eigenvalue weighted by molar-refractivity contribution is -0.145. The van der Waals surface area contributed by atoms with Gasteiger partial charge in [0, 0.05) is 118 Å². The molecule has 3 aliphatic heterocycles. The van der Waals surface area contributed by atoms with Crippen molar-refractivity contribution in [3.8, 4) is 5.75 Å². The molecule has 6 heterocycles. The molecule has 3 saturated heterocycles. The van der Waals surface area contributed by atoms with E-state index >= 15 is 38.4 Å². The highest BCUT2D eigenvalue weighted by atomic mass is 32.2. The molecule has 3 fully saturated rings. The van der Waals surface area contributed by atoms with Crippen molar-refractivity contribution in [2.24, 2.45) is 17.4 Å². The van der Waals surface area contributed by atoms with Crippen LogP contribution < -0.4 is 70.0 Å². The number of carbonyl (C=O) groups excluding carboxylic acids is 18. The van der Waals surface area contributed by atoms with Crippen LogP contribution in [0.3, 0.4) is 0 Å². The molecule has 43 nitrogen and oxygen atoms in total.